The smallest absolute Gasteiger partial charge is 0.303 e. The Kier molecular flexibility index (Phi) is 16.1. The Labute approximate surface area is 395 Å². The second-order valence-corrected chi connectivity index (χ2v) is 15.4. The number of fused-ring (bicyclic) bond motifs is 4. The lowest BCUT2D eigenvalue weighted by molar-refractivity contribution is -0.149. The lowest BCUT2D eigenvalue weighted by atomic mass is 10.2. The van der Waals surface area contributed by atoms with Crippen LogP contribution in [0.3, 0.4) is 0 Å². The number of hydrogen-bond donors (Lipinski definition) is 3. The summed E-state index contributed by atoms with van der Waals surface area (Å²) < 4.78 is 55.5. The Morgan fingerprint density at radius 3 is 1.20 bits per heavy atom. The maximum Gasteiger partial charge on any atom is 0.303 e. The van der Waals surface area contributed by atoms with Gasteiger partial charge in [-0.05, 0) is 48.5 Å². The van der Waals surface area contributed by atoms with E-state index >= 15 is 0 Å². The summed E-state index contributed by atoms with van der Waals surface area (Å²) in [6.45, 7) is 2.77. The van der Waals surface area contributed by atoms with E-state index in [1.165, 1.54) is 38.1 Å². The zero-order valence-electron chi connectivity index (χ0n) is 37.9. The van der Waals surface area contributed by atoms with Crippen molar-refractivity contribution in [1.82, 2.24) is 0 Å². The first-order chi connectivity index (χ1) is 33.7. The average Bonchev–Trinajstić information content (AvgIpc) is 3.34. The van der Waals surface area contributed by atoms with Crippen LogP contribution in [0.15, 0.2) is 134 Å². The lowest BCUT2D eigenvalue weighted by Gasteiger charge is -2.19. The molecule has 0 radical (unpaired) electrons. The van der Waals surface area contributed by atoms with Gasteiger partial charge in [0.25, 0.3) is 0 Å². The van der Waals surface area contributed by atoms with Crippen LogP contribution < -0.4 is 40.7 Å². The molecule has 0 saturated heterocycles. The van der Waals surface area contributed by atoms with Gasteiger partial charge in [0, 0.05) is 44.5 Å². The molecule has 0 saturated carbocycles. The zero-order valence-corrected chi connectivity index (χ0v) is 37.9. The van der Waals surface area contributed by atoms with Crippen LogP contribution in [0.5, 0.6) is 23.0 Å². The molecule has 4 aromatic carbocycles. The van der Waals surface area contributed by atoms with Crippen LogP contribution in [0.2, 0.25) is 0 Å². The lowest BCUT2D eigenvalue weighted by Crippen LogP contribution is -2.30. The molecule has 0 aliphatic heterocycles. The normalized spacial score (nSPS) is 11.6. The summed E-state index contributed by atoms with van der Waals surface area (Å²) in [7, 11) is 0. The van der Waals surface area contributed by atoms with Crippen molar-refractivity contribution in [2.75, 3.05) is 26.4 Å². The largest absolute Gasteiger partial charge is 0.490 e. The second-order valence-electron chi connectivity index (χ2n) is 15.4. The van der Waals surface area contributed by atoms with E-state index in [0.717, 1.165) is 0 Å². The van der Waals surface area contributed by atoms with Crippen molar-refractivity contribution >= 4 is 55.8 Å². The molecule has 0 aliphatic carbocycles. The first kappa shape index (κ1) is 49.6. The first-order valence-corrected chi connectivity index (χ1v) is 21.7. The minimum absolute atomic E-state index is 0.125. The SMILES string of the molecule is CCc1cc(=O)c2c(OCC(COc3cccc4oc(COC(C)=O)cc(=O)c34)OC(C)=O)cccc2o1.O=c1cc(CO)oc2cccc(OCC(O)COc3cccc4oc(CO)cc(=O)c34)c12. The monoisotopic (exact) mass is 962 g/mol. The van der Waals surface area contributed by atoms with Gasteiger partial charge in [0.1, 0.15) is 142 Å². The van der Waals surface area contributed by atoms with Gasteiger partial charge in [-0.2, -0.15) is 0 Å². The molecule has 4 heterocycles. The summed E-state index contributed by atoms with van der Waals surface area (Å²) in [5.41, 5.74) is -0.228. The highest BCUT2D eigenvalue weighted by molar-refractivity contribution is 5.85. The van der Waals surface area contributed by atoms with Crippen molar-refractivity contribution in [2.24, 2.45) is 0 Å². The van der Waals surface area contributed by atoms with Gasteiger partial charge >= 0.3 is 11.9 Å². The predicted octanol–water partition coefficient (Wildman–Crippen LogP) is 5.62. The molecule has 8 rings (SSSR count). The number of carbonyl (C=O) groups excluding carboxylic acids is 2. The topological polar surface area (TPSA) is 271 Å². The van der Waals surface area contributed by atoms with Crippen LogP contribution in [0, 0.1) is 0 Å². The van der Waals surface area contributed by atoms with Gasteiger partial charge < -0.3 is 61.4 Å². The molecule has 1 atom stereocenters. The van der Waals surface area contributed by atoms with Crippen LogP contribution in [0.4, 0.5) is 0 Å². The van der Waals surface area contributed by atoms with Gasteiger partial charge in [-0.15, -0.1) is 0 Å². The first-order valence-electron chi connectivity index (χ1n) is 21.7. The molecule has 1 unspecified atom stereocenters. The number of aliphatic hydroxyl groups excluding tert-OH is 3. The van der Waals surface area contributed by atoms with Crippen LogP contribution in [0.25, 0.3) is 43.9 Å². The van der Waals surface area contributed by atoms with E-state index in [1.807, 2.05) is 6.92 Å². The Morgan fingerprint density at radius 2 is 0.843 bits per heavy atom. The molecule has 4 aromatic heterocycles. The van der Waals surface area contributed by atoms with Crippen molar-refractivity contribution in [2.45, 2.75) is 59.2 Å². The Bertz CT molecular complexity index is 3310. The summed E-state index contributed by atoms with van der Waals surface area (Å²) in [6.07, 6.45) is -1.37. The summed E-state index contributed by atoms with van der Waals surface area (Å²) in [5.74, 6) is 0.906. The fraction of sp³-hybridized carbons (Fsp3) is 0.255. The standard InChI is InChI=1S/C28H26O10.C23H20O9/c1-4-18-11-21(31)27-23(7-5-9-25(27)37-18)34-14-20(36-17(3)30)15-35-24-8-6-10-26-28(24)22(32)12-19(38-26)13-33-16(2)29;24-9-14-7-16(27)22-18(3-1-5-20(22)31-14)29-11-13(26)12-30-19-4-2-6-21-23(19)17(28)8-15(10-25)32-21/h5-12,20H,4,13-15H2,1-3H3;1-8,13,24-26H,9-12H2. The molecule has 19 nitrogen and oxygen atoms in total. The Balaban J connectivity index is 0.000000209. The highest BCUT2D eigenvalue weighted by Crippen LogP contribution is 2.28. The van der Waals surface area contributed by atoms with Gasteiger partial charge in [-0.1, -0.05) is 31.2 Å². The number of ether oxygens (including phenoxy) is 6. The number of benzene rings is 4. The molecule has 364 valence electrons. The molecule has 3 N–H and O–H groups in total. The third kappa shape index (κ3) is 12.1. The number of hydrogen-bond acceptors (Lipinski definition) is 19. The van der Waals surface area contributed by atoms with Crippen molar-refractivity contribution in [3.63, 3.8) is 0 Å². The maximum absolute atomic E-state index is 12.8. The highest BCUT2D eigenvalue weighted by Gasteiger charge is 2.20. The van der Waals surface area contributed by atoms with Crippen LogP contribution >= 0.6 is 0 Å². The quantitative estimate of drug-likeness (QED) is 0.0881. The van der Waals surface area contributed by atoms with Crippen molar-refractivity contribution in [3.05, 3.63) is 161 Å². The number of aliphatic hydroxyl groups is 3. The average molecular weight is 963 g/mol. The van der Waals surface area contributed by atoms with Crippen LogP contribution in [0.1, 0.15) is 43.8 Å². The van der Waals surface area contributed by atoms with Gasteiger partial charge in [0.2, 0.25) is 0 Å². The fourth-order valence-corrected chi connectivity index (χ4v) is 7.10. The van der Waals surface area contributed by atoms with Crippen molar-refractivity contribution < 1.29 is 71.0 Å². The molecule has 0 fully saturated rings. The summed E-state index contributed by atoms with van der Waals surface area (Å²) in [5, 5.41) is 29.5. The number of esters is 2. The van der Waals surface area contributed by atoms with Gasteiger partial charge in [0.05, 0.1) is 0 Å². The van der Waals surface area contributed by atoms with Crippen LogP contribution in [-0.4, -0.2) is 65.9 Å². The molecular formula is C51H46O19. The third-order valence-electron chi connectivity index (χ3n) is 10.2. The van der Waals surface area contributed by atoms with E-state index in [4.69, 9.17) is 46.1 Å². The minimum Gasteiger partial charge on any atom is -0.490 e. The van der Waals surface area contributed by atoms with E-state index in [1.54, 1.807) is 72.8 Å². The second kappa shape index (κ2) is 22.7. The molecule has 8 aromatic rings. The van der Waals surface area contributed by atoms with E-state index in [2.05, 4.69) is 0 Å². The van der Waals surface area contributed by atoms with E-state index in [0.29, 0.717) is 17.8 Å². The predicted molar refractivity (Wildman–Crippen MR) is 250 cm³/mol. The molecule has 0 aliphatic rings. The number of aryl methyl sites for hydroxylation is 1. The molecule has 0 spiro atoms. The summed E-state index contributed by atoms with van der Waals surface area (Å²) in [6, 6.07) is 24.4. The van der Waals surface area contributed by atoms with Gasteiger partial charge in [0.15, 0.2) is 27.8 Å². The minimum atomic E-state index is -1.08. The van der Waals surface area contributed by atoms with Crippen LogP contribution in [-0.2, 0) is 45.3 Å². The number of rotatable bonds is 18. The third-order valence-corrected chi connectivity index (χ3v) is 10.2. The Hall–Kier alpha value is -8.26. The molecular weight excluding hydrogens is 917 g/mol. The Morgan fingerprint density at radius 1 is 0.500 bits per heavy atom. The number of carbonyl (C=O) groups is 2. The van der Waals surface area contributed by atoms with E-state index < -0.39 is 42.8 Å². The van der Waals surface area contributed by atoms with E-state index in [-0.39, 0.29) is 128 Å². The molecule has 70 heavy (non-hydrogen) atoms. The molecule has 19 heteroatoms. The zero-order chi connectivity index (χ0) is 49.9. The fourth-order valence-electron chi connectivity index (χ4n) is 7.10. The highest BCUT2D eigenvalue weighted by atomic mass is 16.6. The van der Waals surface area contributed by atoms with Crippen molar-refractivity contribution in [3.8, 4) is 23.0 Å². The van der Waals surface area contributed by atoms with Gasteiger partial charge in [-0.3, -0.25) is 28.8 Å². The van der Waals surface area contributed by atoms with E-state index in [9.17, 15) is 44.1 Å². The van der Waals surface area contributed by atoms with Crippen molar-refractivity contribution in [1.29, 1.82) is 0 Å². The summed E-state index contributed by atoms with van der Waals surface area (Å²) >= 11 is 0. The summed E-state index contributed by atoms with van der Waals surface area (Å²) in [4.78, 5) is 72.9. The molecule has 0 amide bonds. The molecule has 0 bridgehead atoms. The maximum atomic E-state index is 12.8. The van der Waals surface area contributed by atoms with Gasteiger partial charge in [-0.25, -0.2) is 0 Å².